The molecular weight excluding hydrogens is 365 g/mol. The highest BCUT2D eigenvalue weighted by atomic mass is 35.5. The van der Waals surface area contributed by atoms with Crippen molar-refractivity contribution >= 4 is 65.5 Å². The number of anilines is 2. The van der Waals surface area contributed by atoms with E-state index in [1.54, 1.807) is 0 Å². The van der Waals surface area contributed by atoms with Gasteiger partial charge in [-0.1, -0.05) is 17.7 Å². The molecule has 1 atom stereocenters. The topological polar surface area (TPSA) is 44.4 Å². The number of hydrogen-bond donors (Lipinski definition) is 2. The van der Waals surface area contributed by atoms with E-state index in [2.05, 4.69) is 10.6 Å². The molecule has 1 saturated heterocycles. The second-order valence-corrected chi connectivity index (χ2v) is 6.57. The van der Waals surface area contributed by atoms with E-state index < -0.39 is 0 Å². The third-order valence-electron chi connectivity index (χ3n) is 3.14. The van der Waals surface area contributed by atoms with Crippen molar-refractivity contribution in [3.05, 3.63) is 23.2 Å². The molecule has 1 heterocycles. The van der Waals surface area contributed by atoms with Gasteiger partial charge in [-0.05, 0) is 12.1 Å². The van der Waals surface area contributed by atoms with Crippen LogP contribution in [-0.2, 0) is 4.79 Å². The van der Waals surface area contributed by atoms with Gasteiger partial charge in [0.25, 0.3) is 0 Å². The van der Waals surface area contributed by atoms with Gasteiger partial charge >= 0.3 is 0 Å². The van der Waals surface area contributed by atoms with E-state index in [1.807, 2.05) is 49.0 Å². The van der Waals surface area contributed by atoms with Crippen LogP contribution in [0.5, 0.6) is 0 Å². The smallest absolute Gasteiger partial charge is 0.226 e. The summed E-state index contributed by atoms with van der Waals surface area (Å²) >= 11 is 8.08. The lowest BCUT2D eigenvalue weighted by Crippen LogP contribution is -2.40. The number of para-hydroxylation sites is 1. The van der Waals surface area contributed by atoms with Gasteiger partial charge < -0.3 is 15.5 Å². The van der Waals surface area contributed by atoms with E-state index >= 15 is 0 Å². The molecule has 22 heavy (non-hydrogen) atoms. The largest absolute Gasteiger partial charge is 0.375 e. The number of rotatable bonds is 4. The Labute approximate surface area is 153 Å². The average Bonchev–Trinajstić information content (AvgIpc) is 2.39. The van der Waals surface area contributed by atoms with Crippen molar-refractivity contribution in [2.24, 2.45) is 0 Å². The maximum absolute atomic E-state index is 12.1. The molecule has 8 heteroatoms. The van der Waals surface area contributed by atoms with Crippen LogP contribution in [0.3, 0.4) is 0 Å². The number of amides is 1. The summed E-state index contributed by atoms with van der Waals surface area (Å²) in [4.78, 5) is 14.1. The van der Waals surface area contributed by atoms with Gasteiger partial charge in [-0.2, -0.15) is 11.8 Å². The lowest BCUT2D eigenvalue weighted by molar-refractivity contribution is -0.116. The van der Waals surface area contributed by atoms with Crippen molar-refractivity contribution in [2.45, 2.75) is 12.5 Å². The third kappa shape index (κ3) is 6.05. The molecule has 0 aliphatic carbocycles. The summed E-state index contributed by atoms with van der Waals surface area (Å²) in [6, 6.07) is 5.81. The monoisotopic (exact) mass is 385 g/mol. The molecule has 1 aliphatic rings. The van der Waals surface area contributed by atoms with Crippen LogP contribution in [0.15, 0.2) is 18.2 Å². The van der Waals surface area contributed by atoms with E-state index in [0.29, 0.717) is 11.4 Å². The average molecular weight is 387 g/mol. The van der Waals surface area contributed by atoms with E-state index in [0.717, 1.165) is 29.4 Å². The Morgan fingerprint density at radius 3 is 2.77 bits per heavy atom. The maximum Gasteiger partial charge on any atom is 0.226 e. The fourth-order valence-corrected chi connectivity index (χ4v) is 3.54. The lowest BCUT2D eigenvalue weighted by Gasteiger charge is -2.23. The van der Waals surface area contributed by atoms with Crippen LogP contribution >= 0.6 is 48.2 Å². The van der Waals surface area contributed by atoms with Crippen LogP contribution < -0.4 is 15.5 Å². The molecule has 1 aliphatic heterocycles. The van der Waals surface area contributed by atoms with E-state index in [-0.39, 0.29) is 36.8 Å². The van der Waals surface area contributed by atoms with Gasteiger partial charge in [0, 0.05) is 44.6 Å². The first-order valence-electron chi connectivity index (χ1n) is 6.64. The van der Waals surface area contributed by atoms with Crippen LogP contribution in [0.4, 0.5) is 11.4 Å². The Balaban J connectivity index is 0.00000220. The van der Waals surface area contributed by atoms with Crippen molar-refractivity contribution in [3.63, 3.8) is 0 Å². The summed E-state index contributed by atoms with van der Waals surface area (Å²) in [5.74, 6) is 2.14. The quantitative estimate of drug-likeness (QED) is 0.833. The van der Waals surface area contributed by atoms with Gasteiger partial charge in [0.15, 0.2) is 0 Å². The Bertz CT molecular complexity index is 482. The van der Waals surface area contributed by atoms with Crippen LogP contribution in [0.25, 0.3) is 0 Å². The molecule has 0 aromatic heterocycles. The van der Waals surface area contributed by atoms with Crippen molar-refractivity contribution in [1.29, 1.82) is 0 Å². The van der Waals surface area contributed by atoms with Gasteiger partial charge in [-0.3, -0.25) is 4.79 Å². The van der Waals surface area contributed by atoms with Gasteiger partial charge in [0.1, 0.15) is 0 Å². The van der Waals surface area contributed by atoms with E-state index in [4.69, 9.17) is 11.6 Å². The number of nitrogens with one attached hydrogen (secondary N) is 2. The number of thioether (sulfide) groups is 1. The molecule has 2 rings (SSSR count). The highest BCUT2D eigenvalue weighted by Gasteiger charge is 2.18. The number of nitrogens with zero attached hydrogens (tertiary/aromatic N) is 1. The molecule has 4 nitrogen and oxygen atoms in total. The van der Waals surface area contributed by atoms with Gasteiger partial charge in [0.05, 0.1) is 16.4 Å². The minimum Gasteiger partial charge on any atom is -0.375 e. The first kappa shape index (κ1) is 21.7. The second kappa shape index (κ2) is 10.4. The Morgan fingerprint density at radius 2 is 2.18 bits per heavy atom. The van der Waals surface area contributed by atoms with Crippen LogP contribution in [0.2, 0.25) is 5.02 Å². The summed E-state index contributed by atoms with van der Waals surface area (Å²) in [5, 5.41) is 6.97. The minimum atomic E-state index is 0. The van der Waals surface area contributed by atoms with Gasteiger partial charge in [-0.15, -0.1) is 24.8 Å². The molecule has 0 radical (unpaired) electrons. The van der Waals surface area contributed by atoms with Crippen molar-refractivity contribution in [2.75, 3.05) is 42.4 Å². The number of carbonyl (C=O) groups is 1. The molecule has 126 valence electrons. The van der Waals surface area contributed by atoms with Crippen molar-refractivity contribution in [3.8, 4) is 0 Å². The molecule has 1 fully saturated rings. The molecule has 1 aromatic carbocycles. The molecule has 0 spiro atoms. The van der Waals surface area contributed by atoms with E-state index in [1.165, 1.54) is 0 Å². The van der Waals surface area contributed by atoms with Crippen molar-refractivity contribution < 1.29 is 4.79 Å². The van der Waals surface area contributed by atoms with Crippen LogP contribution in [-0.4, -0.2) is 44.1 Å². The fourth-order valence-electron chi connectivity index (χ4n) is 2.25. The molecule has 0 bridgehead atoms. The predicted molar refractivity (Wildman–Crippen MR) is 103 cm³/mol. The van der Waals surface area contributed by atoms with E-state index in [9.17, 15) is 4.79 Å². The number of hydrogen-bond acceptors (Lipinski definition) is 4. The first-order valence-corrected chi connectivity index (χ1v) is 8.18. The minimum absolute atomic E-state index is 0. The summed E-state index contributed by atoms with van der Waals surface area (Å²) in [6.07, 6.45) is 0.492. The zero-order valence-electron chi connectivity index (χ0n) is 12.6. The number of halogens is 3. The standard InChI is InChI=1S/C14H20ClN3OS.2ClH/c1-18(2)14-11(15)4-3-5-12(14)17-13(19)8-10-9-20-7-6-16-10;;/h3-5,10,16H,6-9H2,1-2H3,(H,17,19);2*1H. The highest BCUT2D eigenvalue weighted by molar-refractivity contribution is 7.99. The molecule has 1 aromatic rings. The molecule has 2 N–H and O–H groups in total. The Hall–Kier alpha value is -0.330. The summed E-state index contributed by atoms with van der Waals surface area (Å²) in [7, 11) is 3.83. The van der Waals surface area contributed by atoms with Crippen molar-refractivity contribution in [1.82, 2.24) is 5.32 Å². The third-order valence-corrected chi connectivity index (χ3v) is 4.57. The second-order valence-electron chi connectivity index (χ2n) is 5.01. The molecular formula is C14H22Cl3N3OS. The maximum atomic E-state index is 12.1. The first-order chi connectivity index (χ1) is 9.58. The van der Waals surface area contributed by atoms with Crippen LogP contribution in [0.1, 0.15) is 6.42 Å². The molecule has 0 saturated carbocycles. The summed E-state index contributed by atoms with van der Waals surface area (Å²) in [5.41, 5.74) is 1.60. The molecule has 1 unspecified atom stereocenters. The van der Waals surface area contributed by atoms with Gasteiger partial charge in [-0.25, -0.2) is 0 Å². The van der Waals surface area contributed by atoms with Gasteiger partial charge in [0.2, 0.25) is 5.91 Å². The SMILES string of the molecule is CN(C)c1c(Cl)cccc1NC(=O)CC1CSCCN1.Cl.Cl. The highest BCUT2D eigenvalue weighted by Crippen LogP contribution is 2.32. The molecule has 1 amide bonds. The zero-order chi connectivity index (χ0) is 14.5. The predicted octanol–water partition coefficient (Wildman–Crippen LogP) is 3.28. The number of carbonyl (C=O) groups excluding carboxylic acids is 1. The van der Waals surface area contributed by atoms with Crippen LogP contribution in [0, 0.1) is 0 Å². The Morgan fingerprint density at radius 1 is 1.45 bits per heavy atom. The Kier molecular flexibility index (Phi) is 10.3. The zero-order valence-corrected chi connectivity index (χ0v) is 15.8. The normalized spacial score (nSPS) is 17.0. The summed E-state index contributed by atoms with van der Waals surface area (Å²) in [6.45, 7) is 0.975. The number of benzene rings is 1. The fraction of sp³-hybridized carbons (Fsp3) is 0.500. The summed E-state index contributed by atoms with van der Waals surface area (Å²) < 4.78 is 0. The lowest BCUT2D eigenvalue weighted by atomic mass is 10.2.